The molecule has 1 aromatic carbocycles. The van der Waals surface area contributed by atoms with Crippen molar-refractivity contribution in [1.82, 2.24) is 5.32 Å². The lowest BCUT2D eigenvalue weighted by molar-refractivity contribution is 0.106. The van der Waals surface area contributed by atoms with Crippen molar-refractivity contribution in [2.45, 2.75) is 19.4 Å². The van der Waals surface area contributed by atoms with E-state index >= 15 is 0 Å². The van der Waals surface area contributed by atoms with Crippen molar-refractivity contribution in [2.24, 2.45) is 0 Å². The van der Waals surface area contributed by atoms with E-state index in [9.17, 15) is 5.11 Å². The van der Waals surface area contributed by atoms with Crippen LogP contribution in [0.4, 0.5) is 0 Å². The monoisotopic (exact) mass is 235 g/mol. The number of aryl methyl sites for hydroxylation is 1. The predicted molar refractivity (Wildman–Crippen MR) is 70.4 cm³/mol. The van der Waals surface area contributed by atoms with Crippen LogP contribution in [0.5, 0.6) is 5.75 Å². The standard InChI is InChI=1S/C14H21NO2/c1-3-4-9-15-10-13(16)11-17-14-8-6-5-7-12(14)2/h3,5-8,13,15-16H,1,4,9-11H2,2H3. The van der Waals surface area contributed by atoms with Crippen LogP contribution in [-0.2, 0) is 0 Å². The number of ether oxygens (including phenoxy) is 1. The van der Waals surface area contributed by atoms with Gasteiger partial charge in [0.15, 0.2) is 0 Å². The van der Waals surface area contributed by atoms with Gasteiger partial charge >= 0.3 is 0 Å². The third-order valence-electron chi connectivity index (χ3n) is 2.43. The first-order chi connectivity index (χ1) is 8.24. The Morgan fingerprint density at radius 1 is 1.47 bits per heavy atom. The zero-order valence-corrected chi connectivity index (χ0v) is 10.4. The van der Waals surface area contributed by atoms with Gasteiger partial charge in [-0.05, 0) is 31.5 Å². The first-order valence-corrected chi connectivity index (χ1v) is 5.92. The highest BCUT2D eigenvalue weighted by molar-refractivity contribution is 5.31. The van der Waals surface area contributed by atoms with Gasteiger partial charge in [-0.3, -0.25) is 0 Å². The Morgan fingerprint density at radius 2 is 2.24 bits per heavy atom. The molecule has 0 amide bonds. The van der Waals surface area contributed by atoms with Crippen LogP contribution in [0.25, 0.3) is 0 Å². The molecule has 94 valence electrons. The Morgan fingerprint density at radius 3 is 2.94 bits per heavy atom. The maximum Gasteiger partial charge on any atom is 0.122 e. The number of aliphatic hydroxyl groups is 1. The zero-order chi connectivity index (χ0) is 12.5. The zero-order valence-electron chi connectivity index (χ0n) is 10.4. The predicted octanol–water partition coefficient (Wildman–Crippen LogP) is 1.90. The van der Waals surface area contributed by atoms with Crippen molar-refractivity contribution in [2.75, 3.05) is 19.7 Å². The lowest BCUT2D eigenvalue weighted by Gasteiger charge is -2.14. The minimum atomic E-state index is -0.487. The SMILES string of the molecule is C=CCCNCC(O)COc1ccccc1C. The number of rotatable bonds is 8. The minimum Gasteiger partial charge on any atom is -0.491 e. The number of para-hydroxylation sites is 1. The molecule has 1 rings (SSSR count). The van der Waals surface area contributed by atoms with Crippen molar-refractivity contribution in [3.8, 4) is 5.75 Å². The van der Waals surface area contributed by atoms with Gasteiger partial charge < -0.3 is 15.2 Å². The molecule has 0 aliphatic carbocycles. The fourth-order valence-electron chi connectivity index (χ4n) is 1.44. The van der Waals surface area contributed by atoms with Crippen LogP contribution in [0.1, 0.15) is 12.0 Å². The van der Waals surface area contributed by atoms with Gasteiger partial charge in [0.2, 0.25) is 0 Å². The van der Waals surface area contributed by atoms with Gasteiger partial charge in [0, 0.05) is 6.54 Å². The third-order valence-corrected chi connectivity index (χ3v) is 2.43. The van der Waals surface area contributed by atoms with Gasteiger partial charge in [0.25, 0.3) is 0 Å². The molecular weight excluding hydrogens is 214 g/mol. The molecule has 3 nitrogen and oxygen atoms in total. The molecule has 0 fully saturated rings. The molecule has 17 heavy (non-hydrogen) atoms. The fourth-order valence-corrected chi connectivity index (χ4v) is 1.44. The lowest BCUT2D eigenvalue weighted by atomic mass is 10.2. The summed E-state index contributed by atoms with van der Waals surface area (Å²) in [5.41, 5.74) is 1.08. The molecule has 2 N–H and O–H groups in total. The van der Waals surface area contributed by atoms with Gasteiger partial charge in [-0.2, -0.15) is 0 Å². The van der Waals surface area contributed by atoms with Crippen molar-refractivity contribution >= 4 is 0 Å². The van der Waals surface area contributed by atoms with E-state index in [4.69, 9.17) is 4.74 Å². The Balaban J connectivity index is 2.21. The summed E-state index contributed by atoms with van der Waals surface area (Å²) < 4.78 is 5.55. The molecule has 3 heteroatoms. The van der Waals surface area contributed by atoms with E-state index in [1.54, 1.807) is 0 Å². The molecule has 1 unspecified atom stereocenters. The number of aliphatic hydroxyl groups excluding tert-OH is 1. The van der Waals surface area contributed by atoms with Crippen LogP contribution in [0.2, 0.25) is 0 Å². The highest BCUT2D eigenvalue weighted by Gasteiger charge is 2.05. The molecule has 0 saturated carbocycles. The van der Waals surface area contributed by atoms with Crippen molar-refractivity contribution in [1.29, 1.82) is 0 Å². The quantitative estimate of drug-likeness (QED) is 0.534. The summed E-state index contributed by atoms with van der Waals surface area (Å²) in [6.07, 6.45) is 2.27. The summed E-state index contributed by atoms with van der Waals surface area (Å²) in [4.78, 5) is 0. The second-order valence-electron chi connectivity index (χ2n) is 4.01. The van der Waals surface area contributed by atoms with E-state index < -0.39 is 6.10 Å². The molecule has 0 radical (unpaired) electrons. The Hall–Kier alpha value is -1.32. The van der Waals surface area contributed by atoms with E-state index in [1.807, 2.05) is 37.3 Å². The van der Waals surface area contributed by atoms with E-state index in [0.717, 1.165) is 24.3 Å². The summed E-state index contributed by atoms with van der Waals surface area (Å²) in [6, 6.07) is 7.80. The van der Waals surface area contributed by atoms with E-state index in [2.05, 4.69) is 11.9 Å². The molecule has 1 aromatic rings. The van der Waals surface area contributed by atoms with Gasteiger partial charge in [-0.15, -0.1) is 6.58 Å². The molecule has 0 aliphatic heterocycles. The Bertz CT molecular complexity index is 339. The number of benzene rings is 1. The van der Waals surface area contributed by atoms with Crippen molar-refractivity contribution in [3.63, 3.8) is 0 Å². The molecule has 0 heterocycles. The second-order valence-corrected chi connectivity index (χ2v) is 4.01. The van der Waals surface area contributed by atoms with E-state index in [-0.39, 0.29) is 0 Å². The van der Waals surface area contributed by atoms with Crippen molar-refractivity contribution < 1.29 is 9.84 Å². The number of nitrogens with one attached hydrogen (secondary N) is 1. The number of hydrogen-bond acceptors (Lipinski definition) is 3. The average Bonchev–Trinajstić information content (AvgIpc) is 2.34. The molecule has 0 aliphatic rings. The molecule has 0 spiro atoms. The summed E-state index contributed by atoms with van der Waals surface area (Å²) in [7, 11) is 0. The fraction of sp³-hybridized carbons (Fsp3) is 0.429. The first kappa shape index (κ1) is 13.7. The highest BCUT2D eigenvalue weighted by atomic mass is 16.5. The maximum absolute atomic E-state index is 9.69. The minimum absolute atomic E-state index is 0.311. The molecule has 0 bridgehead atoms. The molecule has 1 atom stereocenters. The van der Waals surface area contributed by atoms with E-state index in [0.29, 0.717) is 13.2 Å². The van der Waals surface area contributed by atoms with Crippen LogP contribution in [0.15, 0.2) is 36.9 Å². The van der Waals surface area contributed by atoms with Crippen LogP contribution in [0, 0.1) is 6.92 Å². The topological polar surface area (TPSA) is 41.5 Å². The average molecular weight is 235 g/mol. The molecule has 0 saturated heterocycles. The van der Waals surface area contributed by atoms with Gasteiger partial charge in [0.05, 0.1) is 0 Å². The Labute approximate surface area is 103 Å². The summed E-state index contributed by atoms with van der Waals surface area (Å²) in [6.45, 7) is 7.32. The highest BCUT2D eigenvalue weighted by Crippen LogP contribution is 2.16. The normalized spacial score (nSPS) is 12.1. The second kappa shape index (κ2) is 7.87. The molecule has 0 aromatic heterocycles. The first-order valence-electron chi connectivity index (χ1n) is 5.92. The maximum atomic E-state index is 9.69. The van der Waals surface area contributed by atoms with E-state index in [1.165, 1.54) is 0 Å². The summed E-state index contributed by atoms with van der Waals surface area (Å²) in [5.74, 6) is 0.831. The van der Waals surface area contributed by atoms with Gasteiger partial charge in [0.1, 0.15) is 18.5 Å². The summed E-state index contributed by atoms with van der Waals surface area (Å²) in [5, 5.41) is 12.8. The largest absolute Gasteiger partial charge is 0.491 e. The van der Waals surface area contributed by atoms with Crippen molar-refractivity contribution in [3.05, 3.63) is 42.5 Å². The van der Waals surface area contributed by atoms with Crippen LogP contribution in [-0.4, -0.2) is 30.9 Å². The lowest BCUT2D eigenvalue weighted by Crippen LogP contribution is -2.31. The number of hydrogen-bond donors (Lipinski definition) is 2. The van der Waals surface area contributed by atoms with Crippen LogP contribution in [0.3, 0.4) is 0 Å². The third kappa shape index (κ3) is 5.52. The Kier molecular flexibility index (Phi) is 6.37. The van der Waals surface area contributed by atoms with Crippen LogP contribution < -0.4 is 10.1 Å². The summed E-state index contributed by atoms with van der Waals surface area (Å²) >= 11 is 0. The smallest absolute Gasteiger partial charge is 0.122 e. The molecular formula is C14H21NO2. The van der Waals surface area contributed by atoms with Crippen LogP contribution >= 0.6 is 0 Å². The van der Waals surface area contributed by atoms with Gasteiger partial charge in [-0.25, -0.2) is 0 Å². The van der Waals surface area contributed by atoms with Gasteiger partial charge in [-0.1, -0.05) is 24.3 Å².